The summed E-state index contributed by atoms with van der Waals surface area (Å²) in [5.74, 6) is 4.39. The molecule has 2 aromatic rings. The molecule has 0 amide bonds. The second-order valence-corrected chi connectivity index (χ2v) is 5.50. The smallest absolute Gasteiger partial charge is 0.240 e. The summed E-state index contributed by atoms with van der Waals surface area (Å²) in [5.41, 5.74) is 0. The highest BCUT2D eigenvalue weighted by Crippen LogP contribution is 2.28. The zero-order valence-corrected chi connectivity index (χ0v) is 12.5. The molecule has 6 heteroatoms. The maximum absolute atomic E-state index is 5.14. The van der Waals surface area contributed by atoms with Crippen LogP contribution in [0.5, 0.6) is 0 Å². The number of hydrogen-bond acceptors (Lipinski definition) is 5. The number of halogens is 1. The third-order valence-electron chi connectivity index (χ3n) is 2.21. The van der Waals surface area contributed by atoms with Crippen molar-refractivity contribution in [3.63, 3.8) is 0 Å². The van der Waals surface area contributed by atoms with Gasteiger partial charge in [-0.3, -0.25) is 5.32 Å². The van der Waals surface area contributed by atoms with E-state index < -0.39 is 0 Å². The first-order valence-corrected chi connectivity index (χ1v) is 7.40. The lowest BCUT2D eigenvalue weighted by atomic mass is 10.4. The largest absolute Gasteiger partial charge is 0.338 e. The Morgan fingerprint density at radius 2 is 2.26 bits per heavy atom. The third-order valence-corrected chi connectivity index (χ3v) is 4.23. The molecular formula is C13H12BrN3OS. The summed E-state index contributed by atoms with van der Waals surface area (Å²) in [4.78, 5) is 5.43. The molecule has 1 N–H and O–H groups in total. The molecule has 0 saturated carbocycles. The van der Waals surface area contributed by atoms with Crippen molar-refractivity contribution >= 4 is 27.7 Å². The molecule has 1 heterocycles. The number of rotatable bonds is 6. The zero-order chi connectivity index (χ0) is 13.5. The fraction of sp³-hybridized carbons (Fsp3) is 0.231. The summed E-state index contributed by atoms with van der Waals surface area (Å²) in [5, 5.41) is 6.93. The molecule has 1 aromatic heterocycles. The lowest BCUT2D eigenvalue weighted by Gasteiger charge is -2.00. The molecule has 4 nitrogen and oxygen atoms in total. The molecule has 0 saturated heterocycles. The molecule has 0 bridgehead atoms. The van der Waals surface area contributed by atoms with Gasteiger partial charge in [0, 0.05) is 9.37 Å². The molecule has 0 unspecified atom stereocenters. The number of aromatic nitrogens is 2. The van der Waals surface area contributed by atoms with Gasteiger partial charge in [0.25, 0.3) is 0 Å². The molecule has 0 radical (unpaired) electrons. The van der Waals surface area contributed by atoms with Crippen LogP contribution in [-0.4, -0.2) is 16.7 Å². The highest BCUT2D eigenvalue weighted by Gasteiger charge is 2.07. The van der Waals surface area contributed by atoms with E-state index in [1.54, 1.807) is 11.8 Å². The van der Waals surface area contributed by atoms with Crippen molar-refractivity contribution in [1.82, 2.24) is 15.5 Å². The maximum Gasteiger partial charge on any atom is 0.240 e. The standard InChI is InChI=1S/C13H12BrN3OS/c1-2-7-15-8-13-16-12(17-18-13)9-19-11-6-4-3-5-10(11)14/h1,3-6,15H,7-9H2. The normalized spacial score (nSPS) is 10.3. The maximum atomic E-state index is 5.14. The second kappa shape index (κ2) is 7.34. The summed E-state index contributed by atoms with van der Waals surface area (Å²) >= 11 is 5.16. The van der Waals surface area contributed by atoms with E-state index in [-0.39, 0.29) is 0 Å². The minimum Gasteiger partial charge on any atom is -0.338 e. The molecule has 2 rings (SSSR count). The Hall–Kier alpha value is -1.29. The molecular weight excluding hydrogens is 326 g/mol. The summed E-state index contributed by atoms with van der Waals surface area (Å²) in [6.07, 6.45) is 5.14. The van der Waals surface area contributed by atoms with Crippen molar-refractivity contribution in [2.24, 2.45) is 0 Å². The molecule has 0 aliphatic carbocycles. The number of nitrogens with one attached hydrogen (secondary N) is 1. The lowest BCUT2D eigenvalue weighted by molar-refractivity contribution is 0.366. The molecule has 1 aromatic carbocycles. The average molecular weight is 338 g/mol. The topological polar surface area (TPSA) is 51.0 Å². The monoisotopic (exact) mass is 337 g/mol. The highest BCUT2D eigenvalue weighted by atomic mass is 79.9. The van der Waals surface area contributed by atoms with E-state index in [0.717, 1.165) is 9.37 Å². The molecule has 98 valence electrons. The van der Waals surface area contributed by atoms with Crippen LogP contribution in [0.3, 0.4) is 0 Å². The summed E-state index contributed by atoms with van der Waals surface area (Å²) in [6, 6.07) is 8.04. The average Bonchev–Trinajstić information content (AvgIpc) is 2.86. The zero-order valence-electron chi connectivity index (χ0n) is 10.1. The van der Waals surface area contributed by atoms with E-state index in [1.807, 2.05) is 24.3 Å². The van der Waals surface area contributed by atoms with Crippen LogP contribution in [0.2, 0.25) is 0 Å². The van der Waals surface area contributed by atoms with Crippen LogP contribution in [0.1, 0.15) is 11.7 Å². The van der Waals surface area contributed by atoms with Gasteiger partial charge in [0.2, 0.25) is 5.89 Å². The van der Waals surface area contributed by atoms with E-state index in [2.05, 4.69) is 37.3 Å². The second-order valence-electron chi connectivity index (χ2n) is 3.63. The Labute approximate surface area is 124 Å². The van der Waals surface area contributed by atoms with Crippen LogP contribution in [-0.2, 0) is 12.3 Å². The van der Waals surface area contributed by atoms with Gasteiger partial charge >= 0.3 is 0 Å². The quantitative estimate of drug-likeness (QED) is 0.499. The molecule has 0 atom stereocenters. The Morgan fingerprint density at radius 3 is 3.05 bits per heavy atom. The Kier molecular flexibility index (Phi) is 5.45. The van der Waals surface area contributed by atoms with Crippen LogP contribution in [0.4, 0.5) is 0 Å². The SMILES string of the molecule is C#CCNCc1nc(CSc2ccccc2Br)no1. The van der Waals surface area contributed by atoms with Gasteiger partial charge in [0.1, 0.15) is 0 Å². The van der Waals surface area contributed by atoms with Crippen molar-refractivity contribution < 1.29 is 4.52 Å². The van der Waals surface area contributed by atoms with Gasteiger partial charge in [0.05, 0.1) is 18.8 Å². The third kappa shape index (κ3) is 4.39. The molecule has 0 fully saturated rings. The Balaban J connectivity index is 1.87. The number of nitrogens with zero attached hydrogens (tertiary/aromatic N) is 2. The van der Waals surface area contributed by atoms with Gasteiger partial charge in [-0.1, -0.05) is 23.2 Å². The lowest BCUT2D eigenvalue weighted by Crippen LogP contribution is -2.13. The summed E-state index contributed by atoms with van der Waals surface area (Å²) < 4.78 is 6.18. The molecule has 0 aliphatic heterocycles. The molecule has 0 aliphatic rings. The van der Waals surface area contributed by atoms with Crippen LogP contribution in [0, 0.1) is 12.3 Å². The van der Waals surface area contributed by atoms with E-state index >= 15 is 0 Å². The van der Waals surface area contributed by atoms with Crippen molar-refractivity contribution in [1.29, 1.82) is 0 Å². The van der Waals surface area contributed by atoms with Crippen molar-refractivity contribution in [3.8, 4) is 12.3 Å². The van der Waals surface area contributed by atoms with E-state index in [4.69, 9.17) is 10.9 Å². The Morgan fingerprint density at radius 1 is 1.42 bits per heavy atom. The van der Waals surface area contributed by atoms with Gasteiger partial charge in [-0.2, -0.15) is 4.98 Å². The first-order chi connectivity index (χ1) is 9.29. The summed E-state index contributed by atoms with van der Waals surface area (Å²) in [6.45, 7) is 0.986. The van der Waals surface area contributed by atoms with E-state index in [9.17, 15) is 0 Å². The van der Waals surface area contributed by atoms with Crippen LogP contribution in [0.25, 0.3) is 0 Å². The van der Waals surface area contributed by atoms with Crippen LogP contribution in [0.15, 0.2) is 38.2 Å². The number of thioether (sulfide) groups is 1. The first kappa shape index (κ1) is 14.1. The number of benzene rings is 1. The number of hydrogen-bond donors (Lipinski definition) is 1. The Bertz CT molecular complexity index is 579. The van der Waals surface area contributed by atoms with E-state index in [0.29, 0.717) is 30.6 Å². The predicted molar refractivity (Wildman–Crippen MR) is 78.5 cm³/mol. The van der Waals surface area contributed by atoms with E-state index in [1.165, 1.54) is 0 Å². The van der Waals surface area contributed by atoms with Crippen LogP contribution >= 0.6 is 27.7 Å². The minimum atomic E-state index is 0.490. The molecule has 19 heavy (non-hydrogen) atoms. The number of terminal acetylenes is 1. The minimum absolute atomic E-state index is 0.490. The van der Waals surface area contributed by atoms with Gasteiger partial charge in [-0.15, -0.1) is 18.2 Å². The van der Waals surface area contributed by atoms with Gasteiger partial charge in [0.15, 0.2) is 5.82 Å². The fourth-order valence-electron chi connectivity index (χ4n) is 1.37. The fourth-order valence-corrected chi connectivity index (χ4v) is 2.78. The van der Waals surface area contributed by atoms with Crippen molar-refractivity contribution in [2.45, 2.75) is 17.2 Å². The first-order valence-electron chi connectivity index (χ1n) is 5.62. The highest BCUT2D eigenvalue weighted by molar-refractivity contribution is 9.10. The van der Waals surface area contributed by atoms with Crippen molar-refractivity contribution in [2.75, 3.05) is 6.54 Å². The summed E-state index contributed by atoms with van der Waals surface area (Å²) in [7, 11) is 0. The molecule has 0 spiro atoms. The van der Waals surface area contributed by atoms with Gasteiger partial charge < -0.3 is 4.52 Å². The van der Waals surface area contributed by atoms with Gasteiger partial charge in [-0.05, 0) is 28.1 Å². The van der Waals surface area contributed by atoms with Gasteiger partial charge in [-0.25, -0.2) is 0 Å². The van der Waals surface area contributed by atoms with Crippen molar-refractivity contribution in [3.05, 3.63) is 40.5 Å². The predicted octanol–water partition coefficient (Wildman–Crippen LogP) is 2.85. The van der Waals surface area contributed by atoms with Crippen LogP contribution < -0.4 is 5.32 Å².